The number of fused-ring (bicyclic) bond motifs is 1. The first-order valence-corrected chi connectivity index (χ1v) is 12.4. The first-order valence-electron chi connectivity index (χ1n) is 12.4. The Morgan fingerprint density at radius 1 is 1.14 bits per heavy atom. The number of hydrogen-bond donors (Lipinski definition) is 3. The second-order valence-electron chi connectivity index (χ2n) is 10.6. The van der Waals surface area contributed by atoms with Crippen LogP contribution in [0.5, 0.6) is 0 Å². The van der Waals surface area contributed by atoms with Crippen LogP contribution in [0.3, 0.4) is 0 Å². The van der Waals surface area contributed by atoms with E-state index in [0.717, 1.165) is 25.6 Å². The summed E-state index contributed by atoms with van der Waals surface area (Å²) < 4.78 is 42.7. The molecule has 1 saturated heterocycles. The van der Waals surface area contributed by atoms with E-state index >= 15 is 0 Å². The number of piperidine rings is 1. The van der Waals surface area contributed by atoms with Gasteiger partial charge in [-0.15, -0.1) is 12.4 Å². The van der Waals surface area contributed by atoms with Gasteiger partial charge < -0.3 is 20.5 Å². The van der Waals surface area contributed by atoms with Crippen LogP contribution < -0.4 is 21.5 Å². The van der Waals surface area contributed by atoms with E-state index in [1.54, 1.807) is 17.7 Å². The summed E-state index contributed by atoms with van der Waals surface area (Å²) in [5.41, 5.74) is -0.0297. The van der Waals surface area contributed by atoms with E-state index in [2.05, 4.69) is 16.0 Å². The lowest BCUT2D eigenvalue weighted by molar-refractivity contribution is 0.0939. The van der Waals surface area contributed by atoms with E-state index in [1.165, 1.54) is 31.0 Å². The smallest absolute Gasteiger partial charge is 0.266 e. The largest absolute Gasteiger partial charge is 0.381 e. The van der Waals surface area contributed by atoms with Crippen molar-refractivity contribution >= 4 is 24.0 Å². The molecule has 3 saturated carbocycles. The van der Waals surface area contributed by atoms with Crippen LogP contribution in [0.2, 0.25) is 0 Å². The highest BCUT2D eigenvalue weighted by molar-refractivity contribution is 5.99. The molecule has 4 aliphatic rings. The van der Waals surface area contributed by atoms with E-state index in [9.17, 15) is 22.8 Å². The highest BCUT2D eigenvalue weighted by Gasteiger charge is 2.53. The molecular formula is C26H30ClF3N4O2. The standard InChI is InChI=1S/C26H29F3N4O2.ClH/c1-12(14-3-2-4-15(23(14)27)25(28)29)31-26(35)19-11-33(21-7-16(21)13-5-6-13)22(34)8-20(19)32-24-17-9-30-10-18(17)24;/h2-4,8,11-13,16-18,21,24-25,30,32H,5-7,9-10H2,1H3,(H,31,35);1H/t12-,16-,17-,18+,21+,24-;/m1./s1. The Bertz CT molecular complexity index is 1220. The number of carbonyl (C=O) groups is 1. The van der Waals surface area contributed by atoms with Crippen molar-refractivity contribution in [2.45, 2.75) is 50.7 Å². The first kappa shape index (κ1) is 25.1. The number of rotatable bonds is 8. The summed E-state index contributed by atoms with van der Waals surface area (Å²) in [4.78, 5) is 26.4. The van der Waals surface area contributed by atoms with Crippen LogP contribution in [-0.2, 0) is 0 Å². The quantitative estimate of drug-likeness (QED) is 0.479. The lowest BCUT2D eigenvalue weighted by Gasteiger charge is -2.20. The molecule has 0 bridgehead atoms. The maximum Gasteiger partial charge on any atom is 0.266 e. The molecule has 6 nitrogen and oxygen atoms in total. The molecule has 36 heavy (non-hydrogen) atoms. The monoisotopic (exact) mass is 522 g/mol. The number of benzene rings is 1. The predicted molar refractivity (Wildman–Crippen MR) is 132 cm³/mol. The molecule has 1 aromatic heterocycles. The molecule has 1 aromatic carbocycles. The molecule has 10 heteroatoms. The fourth-order valence-corrected chi connectivity index (χ4v) is 5.89. The van der Waals surface area contributed by atoms with Crippen LogP contribution in [0, 0.1) is 29.5 Å². The van der Waals surface area contributed by atoms with Gasteiger partial charge in [-0.1, -0.05) is 18.2 Å². The van der Waals surface area contributed by atoms with Gasteiger partial charge in [0.15, 0.2) is 0 Å². The van der Waals surface area contributed by atoms with Crippen LogP contribution in [-0.4, -0.2) is 29.6 Å². The zero-order valence-corrected chi connectivity index (χ0v) is 20.7. The number of carbonyl (C=O) groups excluding carboxylic acids is 1. The van der Waals surface area contributed by atoms with Gasteiger partial charge in [0.1, 0.15) is 5.82 Å². The summed E-state index contributed by atoms with van der Waals surface area (Å²) in [6.07, 6.45) is 2.02. The summed E-state index contributed by atoms with van der Waals surface area (Å²) in [5, 5.41) is 9.49. The van der Waals surface area contributed by atoms with E-state index in [4.69, 9.17) is 0 Å². The van der Waals surface area contributed by atoms with E-state index in [-0.39, 0.29) is 35.6 Å². The van der Waals surface area contributed by atoms with E-state index in [0.29, 0.717) is 34.9 Å². The molecule has 3 N–H and O–H groups in total. The van der Waals surface area contributed by atoms with Gasteiger partial charge in [0.2, 0.25) is 0 Å². The van der Waals surface area contributed by atoms with E-state index in [1.807, 2.05) is 0 Å². The predicted octanol–water partition coefficient (Wildman–Crippen LogP) is 4.44. The minimum Gasteiger partial charge on any atom is -0.381 e. The summed E-state index contributed by atoms with van der Waals surface area (Å²) in [6.45, 7) is 3.38. The molecule has 1 amide bonds. The Kier molecular flexibility index (Phi) is 6.57. The molecule has 1 aliphatic heterocycles. The summed E-state index contributed by atoms with van der Waals surface area (Å²) >= 11 is 0. The van der Waals surface area contributed by atoms with Crippen LogP contribution in [0.1, 0.15) is 66.2 Å². The van der Waals surface area contributed by atoms with Crippen molar-refractivity contribution < 1.29 is 18.0 Å². The molecule has 6 atom stereocenters. The van der Waals surface area contributed by atoms with Gasteiger partial charge in [0.25, 0.3) is 17.9 Å². The Balaban J connectivity index is 0.00000267. The molecule has 6 rings (SSSR count). The normalized spacial score (nSPS) is 28.8. The third-order valence-electron chi connectivity index (χ3n) is 8.24. The number of aromatic nitrogens is 1. The molecular weight excluding hydrogens is 493 g/mol. The summed E-state index contributed by atoms with van der Waals surface area (Å²) in [5.74, 6) is 0.624. The van der Waals surface area contributed by atoms with Gasteiger partial charge in [-0.05, 0) is 49.9 Å². The van der Waals surface area contributed by atoms with Crippen molar-refractivity contribution in [2.24, 2.45) is 23.7 Å². The number of anilines is 1. The lowest BCUT2D eigenvalue weighted by Crippen LogP contribution is -2.31. The molecule has 0 spiro atoms. The molecule has 2 heterocycles. The number of alkyl halides is 2. The van der Waals surface area contributed by atoms with Crippen molar-refractivity contribution in [1.82, 2.24) is 15.2 Å². The number of halogens is 4. The molecule has 194 valence electrons. The fourth-order valence-electron chi connectivity index (χ4n) is 5.89. The van der Waals surface area contributed by atoms with Crippen molar-refractivity contribution in [3.63, 3.8) is 0 Å². The Labute approximate surface area is 213 Å². The molecule has 0 radical (unpaired) electrons. The number of nitrogens with zero attached hydrogens (tertiary/aromatic N) is 1. The minimum absolute atomic E-state index is 0. The highest BCUT2D eigenvalue weighted by Crippen LogP contribution is 2.56. The maximum atomic E-state index is 14.7. The third-order valence-corrected chi connectivity index (χ3v) is 8.24. The van der Waals surface area contributed by atoms with Crippen molar-refractivity contribution in [3.05, 3.63) is 63.3 Å². The molecule has 4 fully saturated rings. The Morgan fingerprint density at radius 2 is 1.83 bits per heavy atom. The van der Waals surface area contributed by atoms with Gasteiger partial charge in [0.05, 0.1) is 22.9 Å². The molecule has 0 unspecified atom stereocenters. The van der Waals surface area contributed by atoms with Crippen molar-refractivity contribution in [2.75, 3.05) is 18.4 Å². The fraction of sp³-hybridized carbons (Fsp3) is 0.538. The van der Waals surface area contributed by atoms with Gasteiger partial charge in [-0.25, -0.2) is 13.2 Å². The Morgan fingerprint density at radius 3 is 2.50 bits per heavy atom. The van der Waals surface area contributed by atoms with Gasteiger partial charge in [-0.3, -0.25) is 9.59 Å². The maximum absolute atomic E-state index is 14.7. The van der Waals surface area contributed by atoms with Gasteiger partial charge in [0, 0.05) is 43.0 Å². The van der Waals surface area contributed by atoms with Crippen molar-refractivity contribution in [3.8, 4) is 0 Å². The third kappa shape index (κ3) is 4.52. The zero-order chi connectivity index (χ0) is 24.4. The van der Waals surface area contributed by atoms with Crippen molar-refractivity contribution in [1.29, 1.82) is 0 Å². The van der Waals surface area contributed by atoms with Crippen LogP contribution in [0.15, 0.2) is 35.3 Å². The average Bonchev–Trinajstić information content (AvgIpc) is 3.74. The second-order valence-corrected chi connectivity index (χ2v) is 10.6. The van der Waals surface area contributed by atoms with Crippen LogP contribution in [0.25, 0.3) is 0 Å². The average molecular weight is 523 g/mol. The topological polar surface area (TPSA) is 75.2 Å². The first-order chi connectivity index (χ1) is 16.8. The van der Waals surface area contributed by atoms with E-state index < -0.39 is 29.8 Å². The molecule has 2 aromatic rings. The second kappa shape index (κ2) is 9.41. The lowest BCUT2D eigenvalue weighted by atomic mass is 10.0. The summed E-state index contributed by atoms with van der Waals surface area (Å²) in [6, 6.07) is 4.79. The van der Waals surface area contributed by atoms with Gasteiger partial charge in [-0.2, -0.15) is 0 Å². The summed E-state index contributed by atoms with van der Waals surface area (Å²) in [7, 11) is 0. The van der Waals surface area contributed by atoms with Crippen LogP contribution >= 0.6 is 12.4 Å². The van der Waals surface area contributed by atoms with Crippen LogP contribution in [0.4, 0.5) is 18.9 Å². The highest BCUT2D eigenvalue weighted by atomic mass is 35.5. The SMILES string of the molecule is C[C@@H](NC(=O)c1cn([C@H]2C[C@@H]2C2CC2)c(=O)cc1N[C@@H]1[C@@H]2CNC[C@@H]21)c1cccc(C(F)F)c1F.Cl. The number of amides is 1. The number of pyridine rings is 1. The van der Waals surface area contributed by atoms with Gasteiger partial charge >= 0.3 is 0 Å². The zero-order valence-electron chi connectivity index (χ0n) is 19.8. The number of hydrogen-bond acceptors (Lipinski definition) is 4. The Hall–Kier alpha value is -2.52. The number of nitrogens with one attached hydrogen (secondary N) is 3. The molecule has 3 aliphatic carbocycles. The minimum atomic E-state index is -2.94.